The number of benzene rings is 1. The lowest BCUT2D eigenvalue weighted by Crippen LogP contribution is -2.45. The van der Waals surface area contributed by atoms with Crippen molar-refractivity contribution in [1.82, 2.24) is 10.6 Å². The number of carbonyl (C=O) groups is 1. The molecule has 0 saturated heterocycles. The molecule has 0 saturated carbocycles. The van der Waals surface area contributed by atoms with Crippen LogP contribution in [-0.4, -0.2) is 31.9 Å². The molecule has 0 fully saturated rings. The van der Waals surface area contributed by atoms with E-state index in [1.807, 2.05) is 25.1 Å². The molecule has 0 aromatic heterocycles. The van der Waals surface area contributed by atoms with E-state index < -0.39 is 12.0 Å². The Labute approximate surface area is 140 Å². The van der Waals surface area contributed by atoms with Gasteiger partial charge in [-0.15, -0.1) is 0 Å². The van der Waals surface area contributed by atoms with Gasteiger partial charge < -0.3 is 24.8 Å². The Hall–Kier alpha value is -2.28. The minimum Gasteiger partial charge on any atom is -0.493 e. The number of nitrogens with one attached hydrogen (secondary N) is 2. The number of ether oxygens (including phenoxy) is 3. The highest BCUT2D eigenvalue weighted by Gasteiger charge is 2.33. The summed E-state index contributed by atoms with van der Waals surface area (Å²) >= 11 is 5.22. The lowest BCUT2D eigenvalue weighted by atomic mass is 9.94. The van der Waals surface area contributed by atoms with Crippen molar-refractivity contribution in [2.75, 3.05) is 20.8 Å². The van der Waals surface area contributed by atoms with Gasteiger partial charge in [-0.3, -0.25) is 0 Å². The van der Waals surface area contributed by atoms with Gasteiger partial charge in [-0.05, 0) is 32.1 Å². The third-order valence-electron chi connectivity index (χ3n) is 3.50. The van der Waals surface area contributed by atoms with Crippen LogP contribution < -0.4 is 20.1 Å². The highest BCUT2D eigenvalue weighted by Crippen LogP contribution is 2.39. The van der Waals surface area contributed by atoms with Crippen molar-refractivity contribution in [3.8, 4) is 11.5 Å². The molecule has 1 heterocycles. The molecule has 1 aromatic rings. The van der Waals surface area contributed by atoms with Crippen LogP contribution >= 0.6 is 12.2 Å². The van der Waals surface area contributed by atoms with E-state index in [1.165, 1.54) is 7.11 Å². The first-order valence-corrected chi connectivity index (χ1v) is 7.60. The summed E-state index contributed by atoms with van der Waals surface area (Å²) in [7, 11) is 2.92. The number of carbonyl (C=O) groups excluding carboxylic acids is 1. The van der Waals surface area contributed by atoms with Gasteiger partial charge in [0, 0.05) is 11.3 Å². The third-order valence-corrected chi connectivity index (χ3v) is 3.72. The first kappa shape index (κ1) is 17.1. The van der Waals surface area contributed by atoms with Crippen LogP contribution in [0.2, 0.25) is 0 Å². The number of para-hydroxylation sites is 1. The smallest absolute Gasteiger partial charge is 0.337 e. The Morgan fingerprint density at radius 2 is 2.09 bits per heavy atom. The molecule has 0 spiro atoms. The van der Waals surface area contributed by atoms with Gasteiger partial charge in [0.25, 0.3) is 0 Å². The van der Waals surface area contributed by atoms with E-state index in [2.05, 4.69) is 10.6 Å². The van der Waals surface area contributed by atoms with E-state index in [0.717, 1.165) is 5.56 Å². The maximum Gasteiger partial charge on any atom is 0.337 e. The van der Waals surface area contributed by atoms with Gasteiger partial charge in [-0.2, -0.15) is 0 Å². The molecule has 0 amide bonds. The average molecular weight is 336 g/mol. The van der Waals surface area contributed by atoms with E-state index in [1.54, 1.807) is 14.0 Å². The average Bonchev–Trinajstić information content (AvgIpc) is 2.54. The van der Waals surface area contributed by atoms with E-state index in [9.17, 15) is 4.79 Å². The van der Waals surface area contributed by atoms with Gasteiger partial charge in [0.1, 0.15) is 0 Å². The number of hydrogen-bond donors (Lipinski definition) is 2. The van der Waals surface area contributed by atoms with Crippen molar-refractivity contribution < 1.29 is 19.0 Å². The molecule has 124 valence electrons. The molecule has 1 aromatic carbocycles. The second-order valence-electron chi connectivity index (χ2n) is 4.87. The van der Waals surface area contributed by atoms with Gasteiger partial charge in [-0.1, -0.05) is 12.1 Å². The second kappa shape index (κ2) is 7.32. The minimum atomic E-state index is -0.479. The molecule has 0 bridgehead atoms. The highest BCUT2D eigenvalue weighted by molar-refractivity contribution is 7.80. The van der Waals surface area contributed by atoms with E-state index in [-0.39, 0.29) is 0 Å². The number of hydrogen-bond acceptors (Lipinski definition) is 5. The Kier molecular flexibility index (Phi) is 5.44. The Balaban J connectivity index is 2.60. The molecular formula is C16H20N2O4S. The van der Waals surface area contributed by atoms with Gasteiger partial charge in [0.05, 0.1) is 32.4 Å². The lowest BCUT2D eigenvalue weighted by molar-refractivity contribution is -0.136. The molecule has 23 heavy (non-hydrogen) atoms. The van der Waals surface area contributed by atoms with Gasteiger partial charge in [0.2, 0.25) is 0 Å². The summed E-state index contributed by atoms with van der Waals surface area (Å²) in [5, 5.41) is 6.49. The topological polar surface area (TPSA) is 68.8 Å². The maximum atomic E-state index is 12.2. The monoisotopic (exact) mass is 336 g/mol. The van der Waals surface area contributed by atoms with Crippen LogP contribution in [0.4, 0.5) is 0 Å². The summed E-state index contributed by atoms with van der Waals surface area (Å²) in [5.41, 5.74) is 1.86. The largest absolute Gasteiger partial charge is 0.493 e. The van der Waals surface area contributed by atoms with E-state index >= 15 is 0 Å². The minimum absolute atomic E-state index is 0.430. The zero-order chi connectivity index (χ0) is 17.0. The molecule has 1 aliphatic heterocycles. The molecule has 2 rings (SSSR count). The number of thiocarbonyl (C=S) groups is 1. The standard InChI is InChI=1S/C16H20N2O4S/c1-5-22-14-10(7-6-8-11(14)20-3)13-12(15(19)21-4)9(2)17-16(23)18-13/h6-8,13H,5H2,1-4H3,(H2,17,18,23). The summed E-state index contributed by atoms with van der Waals surface area (Å²) in [6, 6.07) is 5.04. The fraction of sp³-hybridized carbons (Fsp3) is 0.375. The highest BCUT2D eigenvalue weighted by atomic mass is 32.1. The molecular weight excluding hydrogens is 316 g/mol. The van der Waals surface area contributed by atoms with Crippen molar-refractivity contribution in [3.05, 3.63) is 35.0 Å². The van der Waals surface area contributed by atoms with E-state index in [4.69, 9.17) is 26.4 Å². The zero-order valence-electron chi connectivity index (χ0n) is 13.6. The Bertz CT molecular complexity index is 657. The van der Waals surface area contributed by atoms with Gasteiger partial charge in [-0.25, -0.2) is 4.79 Å². The van der Waals surface area contributed by atoms with Crippen LogP contribution in [0, 0.1) is 0 Å². The normalized spacial score (nSPS) is 17.2. The second-order valence-corrected chi connectivity index (χ2v) is 5.28. The van der Waals surface area contributed by atoms with Crippen LogP contribution in [0.1, 0.15) is 25.5 Å². The summed E-state index contributed by atoms with van der Waals surface area (Å²) < 4.78 is 16.0. The van der Waals surface area contributed by atoms with Crippen molar-refractivity contribution in [1.29, 1.82) is 0 Å². The fourth-order valence-corrected chi connectivity index (χ4v) is 2.80. The predicted molar refractivity (Wildman–Crippen MR) is 90.5 cm³/mol. The van der Waals surface area contributed by atoms with Crippen molar-refractivity contribution >= 4 is 23.3 Å². The quantitative estimate of drug-likeness (QED) is 0.630. The van der Waals surface area contributed by atoms with E-state index in [0.29, 0.717) is 34.5 Å². The number of rotatable bonds is 5. The fourth-order valence-electron chi connectivity index (χ4n) is 2.53. The molecule has 1 aliphatic rings. The summed E-state index contributed by atoms with van der Waals surface area (Å²) in [6.45, 7) is 4.14. The lowest BCUT2D eigenvalue weighted by Gasteiger charge is -2.30. The van der Waals surface area contributed by atoms with Crippen LogP contribution in [0.25, 0.3) is 0 Å². The Morgan fingerprint density at radius 1 is 1.35 bits per heavy atom. The number of methoxy groups -OCH3 is 2. The molecule has 6 nitrogen and oxygen atoms in total. The number of allylic oxidation sites excluding steroid dienone is 1. The summed E-state index contributed by atoms with van der Waals surface area (Å²) in [6.07, 6.45) is 0. The predicted octanol–water partition coefficient (Wildman–Crippen LogP) is 2.06. The summed E-state index contributed by atoms with van der Waals surface area (Å²) in [5.74, 6) is 0.742. The van der Waals surface area contributed by atoms with Crippen LogP contribution in [0.5, 0.6) is 11.5 Å². The van der Waals surface area contributed by atoms with Gasteiger partial charge in [0.15, 0.2) is 16.6 Å². The van der Waals surface area contributed by atoms with Crippen LogP contribution in [-0.2, 0) is 9.53 Å². The molecule has 0 aliphatic carbocycles. The number of esters is 1. The molecule has 0 radical (unpaired) electrons. The van der Waals surface area contributed by atoms with Crippen molar-refractivity contribution in [3.63, 3.8) is 0 Å². The molecule has 1 atom stereocenters. The first-order valence-electron chi connectivity index (χ1n) is 7.19. The third kappa shape index (κ3) is 3.39. The van der Waals surface area contributed by atoms with Crippen LogP contribution in [0.15, 0.2) is 29.5 Å². The zero-order valence-corrected chi connectivity index (χ0v) is 14.4. The maximum absolute atomic E-state index is 12.2. The van der Waals surface area contributed by atoms with Gasteiger partial charge >= 0.3 is 5.97 Å². The molecule has 1 unspecified atom stereocenters. The molecule has 2 N–H and O–H groups in total. The Morgan fingerprint density at radius 3 is 2.70 bits per heavy atom. The first-order chi connectivity index (χ1) is 11.0. The van der Waals surface area contributed by atoms with Crippen molar-refractivity contribution in [2.24, 2.45) is 0 Å². The SMILES string of the molecule is CCOc1c(OC)cccc1C1NC(=S)NC(C)=C1C(=O)OC. The van der Waals surface area contributed by atoms with Crippen LogP contribution in [0.3, 0.4) is 0 Å². The molecule has 7 heteroatoms. The van der Waals surface area contributed by atoms with Crippen molar-refractivity contribution in [2.45, 2.75) is 19.9 Å². The summed E-state index contributed by atoms with van der Waals surface area (Å²) in [4.78, 5) is 12.2.